The number of rotatable bonds is 2. The molecule has 1 fully saturated rings. The molecule has 0 aromatic carbocycles. The minimum absolute atomic E-state index is 0.106. The Kier molecular flexibility index (Phi) is 1.94. The first-order valence-electron chi connectivity index (χ1n) is 3.73. The van der Waals surface area contributed by atoms with Gasteiger partial charge in [-0.2, -0.15) is 0 Å². The Morgan fingerprint density at radius 1 is 1.90 bits per heavy atom. The molecule has 0 spiro atoms. The van der Waals surface area contributed by atoms with Crippen LogP contribution >= 0.6 is 0 Å². The molecule has 0 aromatic heterocycles. The Morgan fingerprint density at radius 3 is 2.80 bits per heavy atom. The maximum Gasteiger partial charge on any atom is 0.241 e. The van der Waals surface area contributed by atoms with Crippen LogP contribution in [-0.2, 0) is 4.79 Å². The molecule has 0 radical (unpaired) electrons. The number of hydrogen-bond acceptors (Lipinski definition) is 2. The number of carbonyl (C=O) groups excluding carboxylic acids is 1. The van der Waals surface area contributed by atoms with E-state index in [2.05, 4.69) is 6.92 Å². The topological polar surface area (TPSA) is 46.3 Å². The number of amides is 1. The summed E-state index contributed by atoms with van der Waals surface area (Å²) in [6, 6.07) is 0.154. The van der Waals surface area contributed by atoms with Crippen molar-refractivity contribution in [2.75, 3.05) is 6.54 Å². The Bertz CT molecular complexity index is 147. The summed E-state index contributed by atoms with van der Waals surface area (Å²) in [5, 5.41) is 0. The molecule has 1 aliphatic heterocycles. The molecule has 3 nitrogen and oxygen atoms in total. The third kappa shape index (κ3) is 1.01. The van der Waals surface area contributed by atoms with Crippen molar-refractivity contribution in [1.82, 2.24) is 4.90 Å². The second-order valence-electron chi connectivity index (χ2n) is 2.85. The predicted octanol–water partition coefficient (Wildman–Crippen LogP) is -0.0456. The van der Waals surface area contributed by atoms with Gasteiger partial charge in [0.2, 0.25) is 5.91 Å². The van der Waals surface area contributed by atoms with Crippen LogP contribution in [0.5, 0.6) is 0 Å². The first kappa shape index (κ1) is 7.54. The van der Waals surface area contributed by atoms with Crippen molar-refractivity contribution in [3.05, 3.63) is 0 Å². The van der Waals surface area contributed by atoms with Crippen LogP contribution < -0.4 is 5.73 Å². The highest BCUT2D eigenvalue weighted by Gasteiger charge is 2.35. The molecule has 0 saturated carbocycles. The van der Waals surface area contributed by atoms with Crippen LogP contribution in [0.15, 0.2) is 0 Å². The Hall–Kier alpha value is -0.570. The van der Waals surface area contributed by atoms with Gasteiger partial charge in [0.15, 0.2) is 0 Å². The first-order valence-corrected chi connectivity index (χ1v) is 3.73. The molecule has 3 heteroatoms. The summed E-state index contributed by atoms with van der Waals surface area (Å²) in [5.74, 6) is 0.106. The van der Waals surface area contributed by atoms with Crippen LogP contribution in [0.3, 0.4) is 0 Å². The molecule has 1 rings (SSSR count). The lowest BCUT2D eigenvalue weighted by Crippen LogP contribution is -2.63. The fourth-order valence-electron chi connectivity index (χ4n) is 1.10. The maximum atomic E-state index is 11.0. The summed E-state index contributed by atoms with van der Waals surface area (Å²) < 4.78 is 0. The third-order valence-electron chi connectivity index (χ3n) is 2.12. The second-order valence-corrected chi connectivity index (χ2v) is 2.85. The van der Waals surface area contributed by atoms with E-state index in [0.29, 0.717) is 6.04 Å². The van der Waals surface area contributed by atoms with Gasteiger partial charge in [-0.05, 0) is 13.3 Å². The van der Waals surface area contributed by atoms with E-state index in [1.165, 1.54) is 0 Å². The lowest BCUT2D eigenvalue weighted by atomic mass is 10.0. The van der Waals surface area contributed by atoms with E-state index in [1.807, 2.05) is 11.8 Å². The molecule has 58 valence electrons. The number of carbonyl (C=O) groups is 1. The van der Waals surface area contributed by atoms with Crippen LogP contribution in [0.1, 0.15) is 20.3 Å². The molecule has 1 saturated heterocycles. The van der Waals surface area contributed by atoms with E-state index < -0.39 is 0 Å². The number of likely N-dealkylation sites (tertiary alicyclic amines) is 1. The molecule has 0 bridgehead atoms. The van der Waals surface area contributed by atoms with E-state index in [9.17, 15) is 4.79 Å². The number of β-lactam (4-membered cyclic amide) rings is 1. The molecule has 2 atom stereocenters. The maximum absolute atomic E-state index is 11.0. The molecule has 1 aliphatic rings. The SMILES string of the molecule is CCC(C)N1CC(N)C1=O. The molecule has 1 heterocycles. The van der Waals surface area contributed by atoms with Crippen LogP contribution in [0.2, 0.25) is 0 Å². The van der Waals surface area contributed by atoms with Crippen molar-refractivity contribution in [2.45, 2.75) is 32.4 Å². The minimum atomic E-state index is -0.214. The summed E-state index contributed by atoms with van der Waals surface area (Å²) in [6.07, 6.45) is 1.01. The molecular weight excluding hydrogens is 128 g/mol. The summed E-state index contributed by atoms with van der Waals surface area (Å²) in [7, 11) is 0. The summed E-state index contributed by atoms with van der Waals surface area (Å²) >= 11 is 0. The van der Waals surface area contributed by atoms with Crippen molar-refractivity contribution in [3.8, 4) is 0 Å². The third-order valence-corrected chi connectivity index (χ3v) is 2.12. The zero-order valence-corrected chi connectivity index (χ0v) is 6.50. The highest BCUT2D eigenvalue weighted by molar-refractivity contribution is 5.87. The van der Waals surface area contributed by atoms with Crippen molar-refractivity contribution in [1.29, 1.82) is 0 Å². The standard InChI is InChI=1S/C7H14N2O/c1-3-5(2)9-4-6(8)7(9)10/h5-6H,3-4,8H2,1-2H3. The van der Waals surface area contributed by atoms with E-state index in [1.54, 1.807) is 0 Å². The van der Waals surface area contributed by atoms with E-state index >= 15 is 0 Å². The highest BCUT2D eigenvalue weighted by atomic mass is 16.2. The zero-order valence-electron chi connectivity index (χ0n) is 6.50. The van der Waals surface area contributed by atoms with Gasteiger partial charge in [-0.1, -0.05) is 6.92 Å². The van der Waals surface area contributed by atoms with E-state index in [0.717, 1.165) is 13.0 Å². The molecule has 0 aliphatic carbocycles. The van der Waals surface area contributed by atoms with Crippen molar-refractivity contribution in [2.24, 2.45) is 5.73 Å². The Morgan fingerprint density at radius 2 is 2.50 bits per heavy atom. The molecule has 0 aromatic rings. The minimum Gasteiger partial charge on any atom is -0.337 e. The van der Waals surface area contributed by atoms with Gasteiger partial charge in [-0.15, -0.1) is 0 Å². The van der Waals surface area contributed by atoms with Gasteiger partial charge in [-0.3, -0.25) is 4.79 Å². The molecule has 2 unspecified atom stereocenters. The summed E-state index contributed by atoms with van der Waals surface area (Å²) in [4.78, 5) is 12.8. The Balaban J connectivity index is 2.40. The summed E-state index contributed by atoms with van der Waals surface area (Å²) in [6.45, 7) is 4.86. The fourth-order valence-corrected chi connectivity index (χ4v) is 1.10. The Labute approximate surface area is 61.2 Å². The monoisotopic (exact) mass is 142 g/mol. The van der Waals surface area contributed by atoms with Gasteiger partial charge in [0, 0.05) is 12.6 Å². The zero-order chi connectivity index (χ0) is 7.72. The van der Waals surface area contributed by atoms with Crippen LogP contribution in [0.25, 0.3) is 0 Å². The van der Waals surface area contributed by atoms with Gasteiger partial charge in [0.25, 0.3) is 0 Å². The first-order chi connectivity index (χ1) is 4.66. The van der Waals surface area contributed by atoms with Crippen LogP contribution in [0, 0.1) is 0 Å². The normalized spacial score (nSPS) is 28.1. The van der Waals surface area contributed by atoms with Gasteiger partial charge >= 0.3 is 0 Å². The lowest BCUT2D eigenvalue weighted by molar-refractivity contribution is -0.145. The van der Waals surface area contributed by atoms with Gasteiger partial charge in [-0.25, -0.2) is 0 Å². The van der Waals surface area contributed by atoms with Crippen molar-refractivity contribution in [3.63, 3.8) is 0 Å². The van der Waals surface area contributed by atoms with E-state index in [4.69, 9.17) is 5.73 Å². The van der Waals surface area contributed by atoms with Gasteiger partial charge in [0.05, 0.1) is 0 Å². The fraction of sp³-hybridized carbons (Fsp3) is 0.857. The summed E-state index contributed by atoms with van der Waals surface area (Å²) in [5.41, 5.74) is 5.41. The highest BCUT2D eigenvalue weighted by Crippen LogP contribution is 2.13. The average Bonchev–Trinajstić information content (AvgIpc) is 1.98. The van der Waals surface area contributed by atoms with Crippen LogP contribution in [0.4, 0.5) is 0 Å². The quantitative estimate of drug-likeness (QED) is 0.550. The molecular formula is C7H14N2O. The predicted molar refractivity (Wildman–Crippen MR) is 39.4 cm³/mol. The van der Waals surface area contributed by atoms with Crippen molar-refractivity contribution >= 4 is 5.91 Å². The van der Waals surface area contributed by atoms with E-state index in [-0.39, 0.29) is 11.9 Å². The lowest BCUT2D eigenvalue weighted by Gasteiger charge is -2.40. The van der Waals surface area contributed by atoms with Gasteiger partial charge < -0.3 is 10.6 Å². The molecule has 10 heavy (non-hydrogen) atoms. The largest absolute Gasteiger partial charge is 0.337 e. The molecule has 1 amide bonds. The number of nitrogens with zero attached hydrogens (tertiary/aromatic N) is 1. The second kappa shape index (κ2) is 2.58. The van der Waals surface area contributed by atoms with Crippen LogP contribution in [-0.4, -0.2) is 29.4 Å². The van der Waals surface area contributed by atoms with Gasteiger partial charge in [0.1, 0.15) is 6.04 Å². The average molecular weight is 142 g/mol. The smallest absolute Gasteiger partial charge is 0.241 e. The number of hydrogen-bond donors (Lipinski definition) is 1. The number of nitrogens with two attached hydrogens (primary N) is 1. The van der Waals surface area contributed by atoms with Crippen molar-refractivity contribution < 1.29 is 4.79 Å². The molecule has 2 N–H and O–H groups in total.